The molecule has 10 heteroatoms. The molecule has 2 aromatic heterocycles. The van der Waals surface area contributed by atoms with Gasteiger partial charge in [-0.2, -0.15) is 0 Å². The van der Waals surface area contributed by atoms with Crippen LogP contribution in [-0.2, 0) is 10.0 Å². The molecule has 2 heterocycles. The number of ketones is 1. The van der Waals surface area contributed by atoms with Crippen LogP contribution in [0.25, 0.3) is 0 Å². The van der Waals surface area contributed by atoms with Crippen LogP contribution in [0.5, 0.6) is 0 Å². The summed E-state index contributed by atoms with van der Waals surface area (Å²) < 4.78 is 94.7. The molecule has 0 saturated heterocycles. The predicted molar refractivity (Wildman–Crippen MR) is 115 cm³/mol. The smallest absolute Gasteiger partial charge is 0.267 e. The molecule has 0 fully saturated rings. The number of aromatic nitrogens is 1. The van der Waals surface area contributed by atoms with Crippen molar-refractivity contribution in [3.05, 3.63) is 56.4 Å². The lowest BCUT2D eigenvalue weighted by atomic mass is 10.0. The van der Waals surface area contributed by atoms with Gasteiger partial charge >= 0.3 is 0 Å². The summed E-state index contributed by atoms with van der Waals surface area (Å²) in [6, 6.07) is 0.296. The molecule has 0 bridgehead atoms. The first-order chi connectivity index (χ1) is 17.3. The Balaban J connectivity index is 2.07. The van der Waals surface area contributed by atoms with Gasteiger partial charge < -0.3 is 9.84 Å². The number of amides is 1. The number of Topliss-reactive ketones (excluding diaryl/α,β-unsaturated/α-hetero) is 1. The van der Waals surface area contributed by atoms with Crippen molar-refractivity contribution in [3.63, 3.8) is 0 Å². The van der Waals surface area contributed by atoms with Gasteiger partial charge in [-0.3, -0.25) is 9.59 Å². The van der Waals surface area contributed by atoms with Crippen molar-refractivity contribution in [2.24, 2.45) is 0 Å². The Bertz CT molecular complexity index is 1560. The molecule has 0 radical (unpaired) electrons. The molecule has 1 aromatic carbocycles. The van der Waals surface area contributed by atoms with Crippen molar-refractivity contribution in [1.82, 2.24) is 5.16 Å². The maximum Gasteiger partial charge on any atom is 0.267 e. The van der Waals surface area contributed by atoms with E-state index < -0.39 is 73.9 Å². The molecule has 158 valence electrons. The lowest BCUT2D eigenvalue weighted by molar-refractivity contribution is 0.101. The Kier molecular flexibility index (Phi) is 3.58. The van der Waals surface area contributed by atoms with Crippen molar-refractivity contribution >= 4 is 44.6 Å². The van der Waals surface area contributed by atoms with E-state index in [1.807, 2.05) is 4.72 Å². The summed E-state index contributed by atoms with van der Waals surface area (Å²) in [6.07, 6.45) is 0. The zero-order chi connectivity index (χ0) is 29.0. The summed E-state index contributed by atoms with van der Waals surface area (Å²) in [7, 11) is -4.61. The monoisotopic (exact) mass is 455 g/mol. The van der Waals surface area contributed by atoms with Gasteiger partial charge in [-0.25, -0.2) is 13.1 Å². The minimum absolute atomic E-state index is 0.00186. The molecule has 1 amide bonds. The van der Waals surface area contributed by atoms with Crippen LogP contribution in [0, 0.1) is 27.6 Å². The highest BCUT2D eigenvalue weighted by molar-refractivity contribution is 7.93. The zero-order valence-corrected chi connectivity index (χ0v) is 17.6. The van der Waals surface area contributed by atoms with Crippen molar-refractivity contribution in [2.45, 2.75) is 39.4 Å². The maximum atomic E-state index is 13.2. The minimum Gasteiger partial charge on any atom is -0.337 e. The van der Waals surface area contributed by atoms with E-state index in [-0.39, 0.29) is 22.9 Å². The molecule has 0 aliphatic heterocycles. The average molecular weight is 456 g/mol. The summed E-state index contributed by atoms with van der Waals surface area (Å²) >= 11 is 0.688. The quantitative estimate of drug-likeness (QED) is 0.537. The standard InChI is InChI=1S/C20H21N3O5S2/c1-10-8-11(2)17(15(9-10)14(5)24)21-19(25)18-16(6-7-29-18)30(26,27)23-20-12(3)13(4)22-28-20/h6-9,23H,1-5H3,(H,21,25)/i3D3,5D3,8D,9D. The Hall–Kier alpha value is -2.98. The van der Waals surface area contributed by atoms with Crippen LogP contribution in [0.1, 0.15) is 60.2 Å². The highest BCUT2D eigenvalue weighted by Gasteiger charge is 2.27. The van der Waals surface area contributed by atoms with Crippen LogP contribution in [0.3, 0.4) is 0 Å². The lowest BCUT2D eigenvalue weighted by Gasteiger charge is -2.14. The number of sulfonamides is 1. The third-order valence-corrected chi connectivity index (χ3v) is 6.41. The maximum absolute atomic E-state index is 13.2. The number of nitrogens with zero attached hydrogens (tertiary/aromatic N) is 1. The topological polar surface area (TPSA) is 118 Å². The number of nitrogens with one attached hydrogen (secondary N) is 2. The summed E-state index contributed by atoms with van der Waals surface area (Å²) in [5.41, 5.74) is -1.55. The van der Waals surface area contributed by atoms with Crippen LogP contribution < -0.4 is 10.0 Å². The SMILES string of the molecule is [2H]c1c(C)c([2H])c(C(=O)C([2H])([2H])[2H])c(NC(=O)c2sccc2S(=O)(=O)Nc2onc(C)c2C([2H])([2H])[2H])c1C. The number of thiophene rings is 1. The molecule has 8 nitrogen and oxygen atoms in total. The first kappa shape index (κ1) is 13.3. The number of rotatable bonds is 6. The fraction of sp³-hybridized carbons (Fsp3) is 0.250. The molecule has 0 aliphatic carbocycles. The van der Waals surface area contributed by atoms with E-state index in [9.17, 15) is 18.0 Å². The van der Waals surface area contributed by atoms with E-state index in [1.54, 1.807) is 0 Å². The summed E-state index contributed by atoms with van der Waals surface area (Å²) in [5, 5.41) is 7.06. The fourth-order valence-corrected chi connectivity index (χ4v) is 4.92. The van der Waals surface area contributed by atoms with Gasteiger partial charge in [0.05, 0.1) is 14.1 Å². The summed E-state index contributed by atoms with van der Waals surface area (Å²) in [6.45, 7) is -1.90. The first-order valence-corrected chi connectivity index (χ1v) is 10.7. The number of benzene rings is 1. The molecule has 30 heavy (non-hydrogen) atoms. The molecule has 3 rings (SSSR count). The normalized spacial score (nSPS) is 16.1. The Morgan fingerprint density at radius 2 is 2.03 bits per heavy atom. The van der Waals surface area contributed by atoms with Crippen LogP contribution in [0.2, 0.25) is 0 Å². The predicted octanol–water partition coefficient (Wildman–Crippen LogP) is 4.23. The largest absolute Gasteiger partial charge is 0.337 e. The molecule has 0 atom stereocenters. The second-order valence-electron chi connectivity index (χ2n) is 6.22. The average Bonchev–Trinajstić information content (AvgIpc) is 3.42. The molecule has 3 aromatic rings. The lowest BCUT2D eigenvalue weighted by Crippen LogP contribution is -2.20. The molecule has 0 unspecified atom stereocenters. The van der Waals surface area contributed by atoms with Crippen LogP contribution in [0.4, 0.5) is 11.6 Å². The Morgan fingerprint density at radius 3 is 2.73 bits per heavy atom. The van der Waals surface area contributed by atoms with Gasteiger partial charge in [0.25, 0.3) is 15.9 Å². The number of carbonyl (C=O) groups is 2. The van der Waals surface area contributed by atoms with Crippen molar-refractivity contribution < 1.29 is 33.5 Å². The van der Waals surface area contributed by atoms with E-state index in [0.717, 1.165) is 6.07 Å². The molecular formula is C20H21N3O5S2. The number of anilines is 2. The van der Waals surface area contributed by atoms with E-state index in [4.69, 9.17) is 15.5 Å². The van der Waals surface area contributed by atoms with E-state index in [0.29, 0.717) is 11.3 Å². The Morgan fingerprint density at radius 1 is 1.27 bits per heavy atom. The molecular weight excluding hydrogens is 426 g/mol. The molecule has 0 saturated carbocycles. The Labute approximate surface area is 189 Å². The fourth-order valence-electron chi connectivity index (χ4n) is 2.60. The second-order valence-corrected chi connectivity index (χ2v) is 8.79. The van der Waals surface area contributed by atoms with E-state index in [2.05, 4.69) is 10.5 Å². The van der Waals surface area contributed by atoms with Gasteiger partial charge in [-0.05, 0) is 63.1 Å². The third-order valence-electron chi connectivity index (χ3n) is 3.99. The van der Waals surface area contributed by atoms with E-state index >= 15 is 0 Å². The molecule has 2 N–H and O–H groups in total. The number of hydrogen-bond donors (Lipinski definition) is 2. The van der Waals surface area contributed by atoms with Gasteiger partial charge in [0.15, 0.2) is 5.78 Å². The third kappa shape index (κ3) is 4.14. The van der Waals surface area contributed by atoms with Gasteiger partial charge in [-0.1, -0.05) is 11.2 Å². The van der Waals surface area contributed by atoms with Crippen molar-refractivity contribution in [1.29, 1.82) is 0 Å². The number of hydrogen-bond acceptors (Lipinski definition) is 7. The van der Waals surface area contributed by atoms with Gasteiger partial charge in [0.2, 0.25) is 5.88 Å². The van der Waals surface area contributed by atoms with Gasteiger partial charge in [-0.15, -0.1) is 11.3 Å². The van der Waals surface area contributed by atoms with Crippen LogP contribution in [0.15, 0.2) is 32.9 Å². The second kappa shape index (κ2) is 8.04. The highest BCUT2D eigenvalue weighted by atomic mass is 32.2. The first-order valence-electron chi connectivity index (χ1n) is 12.3. The zero-order valence-electron chi connectivity index (χ0n) is 24.0. The summed E-state index contributed by atoms with van der Waals surface area (Å²) in [5.74, 6) is -3.16. The highest BCUT2D eigenvalue weighted by Crippen LogP contribution is 2.29. The van der Waals surface area contributed by atoms with Gasteiger partial charge in [0, 0.05) is 19.4 Å². The van der Waals surface area contributed by atoms with Crippen LogP contribution in [-0.4, -0.2) is 25.3 Å². The number of aryl methyl sites for hydroxylation is 1. The molecule has 0 spiro atoms. The number of carbonyl (C=O) groups excluding carboxylic acids is 2. The van der Waals surface area contributed by atoms with Crippen molar-refractivity contribution in [2.75, 3.05) is 10.0 Å². The minimum atomic E-state index is -4.61. The van der Waals surface area contributed by atoms with Crippen LogP contribution >= 0.6 is 11.3 Å². The van der Waals surface area contributed by atoms with Gasteiger partial charge in [0.1, 0.15) is 9.77 Å². The molecule has 0 aliphatic rings. The van der Waals surface area contributed by atoms with Crippen molar-refractivity contribution in [3.8, 4) is 0 Å². The van der Waals surface area contributed by atoms with E-state index in [1.165, 1.54) is 26.2 Å². The summed E-state index contributed by atoms with van der Waals surface area (Å²) in [4.78, 5) is 24.9.